The summed E-state index contributed by atoms with van der Waals surface area (Å²) >= 11 is 0. The zero-order chi connectivity index (χ0) is 17.4. The van der Waals surface area contributed by atoms with Gasteiger partial charge in [-0.2, -0.15) is 0 Å². The van der Waals surface area contributed by atoms with E-state index in [1.165, 1.54) is 0 Å². The molecule has 0 saturated carbocycles. The van der Waals surface area contributed by atoms with Crippen molar-refractivity contribution in [3.05, 3.63) is 66.0 Å². The minimum atomic E-state index is -0.716. The molecule has 0 aliphatic rings. The van der Waals surface area contributed by atoms with Crippen molar-refractivity contribution in [3.63, 3.8) is 0 Å². The molecule has 1 aromatic carbocycles. The van der Waals surface area contributed by atoms with Crippen molar-refractivity contribution >= 4 is 11.8 Å². The predicted molar refractivity (Wildman–Crippen MR) is 91.8 cm³/mol. The van der Waals surface area contributed by atoms with E-state index >= 15 is 0 Å². The fourth-order valence-electron chi connectivity index (χ4n) is 2.42. The van der Waals surface area contributed by atoms with E-state index < -0.39 is 11.9 Å². The Hall–Kier alpha value is -2.73. The summed E-state index contributed by atoms with van der Waals surface area (Å²) in [4.78, 5) is 29.7. The minimum Gasteiger partial charge on any atom is -0.368 e. The number of carbonyl (C=O) groups excluding carboxylic acids is 2. The summed E-state index contributed by atoms with van der Waals surface area (Å²) in [5, 5.41) is 2.71. The fourth-order valence-corrected chi connectivity index (χ4v) is 2.42. The minimum absolute atomic E-state index is 0.174. The second-order valence-electron chi connectivity index (χ2n) is 5.75. The second kappa shape index (κ2) is 8.79. The van der Waals surface area contributed by atoms with Crippen LogP contribution in [0.15, 0.2) is 54.9 Å². The Morgan fingerprint density at radius 1 is 1.17 bits per heavy atom. The van der Waals surface area contributed by atoms with E-state index in [0.717, 1.165) is 11.1 Å². The molecule has 2 amide bonds. The van der Waals surface area contributed by atoms with Gasteiger partial charge in [0.2, 0.25) is 11.8 Å². The Kier molecular flexibility index (Phi) is 6.45. The third-order valence-corrected chi connectivity index (χ3v) is 3.55. The standard InChI is InChI=1S/C18H22N4O2/c1-22(12-15-8-5-9-20-11-15)13-17(23)21-16(18(19)24)10-14-6-3-2-4-7-14/h2-9,11,16H,10,12-13H2,1H3,(H2,19,24)(H,21,23)/t16-/m0/s1. The average molecular weight is 326 g/mol. The summed E-state index contributed by atoms with van der Waals surface area (Å²) in [5.41, 5.74) is 7.38. The first kappa shape index (κ1) is 17.6. The molecule has 3 N–H and O–H groups in total. The van der Waals surface area contributed by atoms with Crippen molar-refractivity contribution in [3.8, 4) is 0 Å². The van der Waals surface area contributed by atoms with Gasteiger partial charge in [-0.05, 0) is 24.2 Å². The topological polar surface area (TPSA) is 88.3 Å². The van der Waals surface area contributed by atoms with Crippen molar-refractivity contribution in [2.45, 2.75) is 19.0 Å². The van der Waals surface area contributed by atoms with Crippen molar-refractivity contribution < 1.29 is 9.59 Å². The van der Waals surface area contributed by atoms with Gasteiger partial charge in [0.05, 0.1) is 6.54 Å². The Morgan fingerprint density at radius 3 is 2.50 bits per heavy atom. The molecule has 6 heteroatoms. The van der Waals surface area contributed by atoms with Crippen molar-refractivity contribution in [1.29, 1.82) is 0 Å². The molecule has 0 saturated heterocycles. The van der Waals surface area contributed by atoms with E-state index in [0.29, 0.717) is 13.0 Å². The van der Waals surface area contributed by atoms with Gasteiger partial charge in [-0.25, -0.2) is 0 Å². The summed E-state index contributed by atoms with van der Waals surface area (Å²) in [6.45, 7) is 0.772. The van der Waals surface area contributed by atoms with Gasteiger partial charge in [0, 0.05) is 25.4 Å². The molecule has 0 radical (unpaired) electrons. The lowest BCUT2D eigenvalue weighted by molar-refractivity contribution is -0.127. The molecule has 24 heavy (non-hydrogen) atoms. The molecular formula is C18H22N4O2. The molecule has 0 fully saturated rings. The predicted octanol–water partition coefficient (Wildman–Crippen LogP) is 0.726. The third-order valence-electron chi connectivity index (χ3n) is 3.55. The Balaban J connectivity index is 1.87. The first-order valence-electron chi connectivity index (χ1n) is 7.74. The van der Waals surface area contributed by atoms with Crippen LogP contribution in [-0.2, 0) is 22.6 Å². The monoisotopic (exact) mass is 326 g/mol. The number of amides is 2. The molecule has 0 unspecified atom stereocenters. The van der Waals surface area contributed by atoms with Gasteiger partial charge in [0.15, 0.2) is 0 Å². The number of nitrogens with two attached hydrogens (primary N) is 1. The number of pyridine rings is 1. The Labute approximate surface area is 141 Å². The molecule has 0 aliphatic carbocycles. The third kappa shape index (κ3) is 5.81. The molecule has 1 atom stereocenters. The fraction of sp³-hybridized carbons (Fsp3) is 0.278. The van der Waals surface area contributed by atoms with Crippen molar-refractivity contribution in [1.82, 2.24) is 15.2 Å². The van der Waals surface area contributed by atoms with E-state index in [9.17, 15) is 9.59 Å². The zero-order valence-corrected chi connectivity index (χ0v) is 13.7. The summed E-state index contributed by atoms with van der Waals surface area (Å²) in [6.07, 6.45) is 3.85. The number of rotatable bonds is 8. The molecule has 0 bridgehead atoms. The van der Waals surface area contributed by atoms with Gasteiger partial charge in [-0.15, -0.1) is 0 Å². The molecular weight excluding hydrogens is 304 g/mol. The lowest BCUT2D eigenvalue weighted by Gasteiger charge is -2.19. The highest BCUT2D eigenvalue weighted by atomic mass is 16.2. The number of nitrogens with one attached hydrogen (secondary N) is 1. The largest absolute Gasteiger partial charge is 0.368 e. The van der Waals surface area contributed by atoms with Crippen molar-refractivity contribution in [2.24, 2.45) is 5.73 Å². The molecule has 0 spiro atoms. The van der Waals surface area contributed by atoms with Gasteiger partial charge in [0.25, 0.3) is 0 Å². The van der Waals surface area contributed by atoms with Crippen LogP contribution < -0.4 is 11.1 Å². The van der Waals surface area contributed by atoms with Crippen LogP contribution in [0.3, 0.4) is 0 Å². The number of aromatic nitrogens is 1. The maximum absolute atomic E-state index is 12.2. The molecule has 2 aromatic rings. The van der Waals surface area contributed by atoms with E-state index in [4.69, 9.17) is 5.73 Å². The molecule has 6 nitrogen and oxygen atoms in total. The number of hydrogen-bond acceptors (Lipinski definition) is 4. The normalized spacial score (nSPS) is 11.9. The van der Waals surface area contributed by atoms with Crippen LogP contribution >= 0.6 is 0 Å². The van der Waals surface area contributed by atoms with Crippen LogP contribution in [0.4, 0.5) is 0 Å². The van der Waals surface area contributed by atoms with Gasteiger partial charge in [0.1, 0.15) is 6.04 Å². The molecule has 2 rings (SSSR count). The SMILES string of the molecule is CN(CC(=O)N[C@@H](Cc1ccccc1)C(N)=O)Cc1cccnc1. The first-order chi connectivity index (χ1) is 11.5. The van der Waals surface area contributed by atoms with E-state index in [-0.39, 0.29) is 12.5 Å². The molecule has 0 aliphatic heterocycles. The van der Waals surface area contributed by atoms with Crippen molar-refractivity contribution in [2.75, 3.05) is 13.6 Å². The van der Waals surface area contributed by atoms with Crippen LogP contribution in [0.25, 0.3) is 0 Å². The summed E-state index contributed by atoms with van der Waals surface area (Å²) in [7, 11) is 1.84. The first-order valence-corrected chi connectivity index (χ1v) is 7.74. The number of primary amides is 1. The average Bonchev–Trinajstić information content (AvgIpc) is 2.55. The van der Waals surface area contributed by atoms with Crippen LogP contribution in [0, 0.1) is 0 Å². The van der Waals surface area contributed by atoms with Gasteiger partial charge in [-0.1, -0.05) is 36.4 Å². The van der Waals surface area contributed by atoms with E-state index in [1.54, 1.807) is 12.4 Å². The summed E-state index contributed by atoms with van der Waals surface area (Å²) < 4.78 is 0. The van der Waals surface area contributed by atoms with Gasteiger partial charge in [-0.3, -0.25) is 19.5 Å². The van der Waals surface area contributed by atoms with Crippen LogP contribution in [0.2, 0.25) is 0 Å². The van der Waals surface area contributed by atoms with Gasteiger partial charge >= 0.3 is 0 Å². The zero-order valence-electron chi connectivity index (χ0n) is 13.7. The number of benzene rings is 1. The summed E-state index contributed by atoms with van der Waals surface area (Å²) in [5.74, 6) is -0.775. The number of carbonyl (C=O) groups is 2. The lowest BCUT2D eigenvalue weighted by atomic mass is 10.1. The van der Waals surface area contributed by atoms with Crippen LogP contribution in [-0.4, -0.2) is 41.3 Å². The van der Waals surface area contributed by atoms with Gasteiger partial charge < -0.3 is 11.1 Å². The number of likely N-dealkylation sites (N-methyl/N-ethyl adjacent to an activating group) is 1. The lowest BCUT2D eigenvalue weighted by Crippen LogP contribution is -2.48. The number of nitrogens with zero attached hydrogens (tertiary/aromatic N) is 2. The summed E-state index contributed by atoms with van der Waals surface area (Å²) in [6, 6.07) is 12.6. The van der Waals surface area contributed by atoms with Crippen LogP contribution in [0.1, 0.15) is 11.1 Å². The van der Waals surface area contributed by atoms with E-state index in [1.807, 2.05) is 54.4 Å². The molecule has 126 valence electrons. The van der Waals surface area contributed by atoms with E-state index in [2.05, 4.69) is 10.3 Å². The molecule has 1 heterocycles. The highest BCUT2D eigenvalue weighted by molar-refractivity contribution is 5.87. The smallest absolute Gasteiger partial charge is 0.240 e. The maximum Gasteiger partial charge on any atom is 0.240 e. The highest BCUT2D eigenvalue weighted by Crippen LogP contribution is 2.04. The molecule has 1 aromatic heterocycles. The second-order valence-corrected chi connectivity index (χ2v) is 5.75. The Bertz CT molecular complexity index is 661. The van der Waals surface area contributed by atoms with Crippen LogP contribution in [0.5, 0.6) is 0 Å². The quantitative estimate of drug-likeness (QED) is 0.748. The Morgan fingerprint density at radius 2 is 1.88 bits per heavy atom. The number of hydrogen-bond donors (Lipinski definition) is 2. The maximum atomic E-state index is 12.2. The highest BCUT2D eigenvalue weighted by Gasteiger charge is 2.19.